The van der Waals surface area contributed by atoms with Crippen molar-refractivity contribution in [3.05, 3.63) is 0 Å². The van der Waals surface area contributed by atoms with Crippen molar-refractivity contribution in [1.29, 1.82) is 0 Å². The van der Waals surface area contributed by atoms with E-state index in [2.05, 4.69) is 21.1 Å². The first-order chi connectivity index (χ1) is 5.83. The van der Waals surface area contributed by atoms with Crippen molar-refractivity contribution < 1.29 is 4.48 Å². The third-order valence-electron chi connectivity index (χ3n) is 1.25. The molecule has 0 rings (SSSR count). The Kier molecular flexibility index (Phi) is 11.1. The van der Waals surface area contributed by atoms with Crippen LogP contribution in [-0.2, 0) is 0 Å². The van der Waals surface area contributed by atoms with E-state index in [0.717, 1.165) is 17.4 Å². The fourth-order valence-corrected chi connectivity index (χ4v) is 0.566. The lowest BCUT2D eigenvalue weighted by Gasteiger charge is -2.23. The standard InChI is InChI=1S/C6H17N2.C3H6Cl2/c1-8(2,3)6-4-5-7;1-3(5)2-4/h4-7H2,1-3H3;3H,2H2,1H3/q+1;. The molecule has 2 nitrogen and oxygen atoms in total. The van der Waals surface area contributed by atoms with Gasteiger partial charge in [-0.3, -0.25) is 0 Å². The molecule has 82 valence electrons. The molecule has 4 heteroatoms. The molecule has 0 aliphatic rings. The topological polar surface area (TPSA) is 26.0 Å². The lowest BCUT2D eigenvalue weighted by atomic mass is 10.4. The molecule has 0 aromatic carbocycles. The smallest absolute Gasteiger partial charge is 0.0792 e. The molecule has 0 fully saturated rings. The van der Waals surface area contributed by atoms with Crippen LogP contribution in [0.4, 0.5) is 0 Å². The van der Waals surface area contributed by atoms with Gasteiger partial charge in [0.1, 0.15) is 0 Å². The minimum atomic E-state index is 0.122. The summed E-state index contributed by atoms with van der Waals surface area (Å²) in [5, 5.41) is 0.122. The molecular weight excluding hydrogens is 207 g/mol. The Bertz CT molecular complexity index is 100. The predicted octanol–water partition coefficient (Wildman–Crippen LogP) is 1.89. The number of nitrogens with zero attached hydrogens (tertiary/aromatic N) is 1. The Morgan fingerprint density at radius 2 is 1.69 bits per heavy atom. The highest BCUT2D eigenvalue weighted by Crippen LogP contribution is 1.93. The first kappa shape index (κ1) is 15.9. The molecule has 0 radical (unpaired) electrons. The van der Waals surface area contributed by atoms with Gasteiger partial charge in [-0.05, 0) is 13.5 Å². The maximum absolute atomic E-state index is 5.33. The highest BCUT2D eigenvalue weighted by molar-refractivity contribution is 6.27. The van der Waals surface area contributed by atoms with Gasteiger partial charge in [0.15, 0.2) is 0 Å². The van der Waals surface area contributed by atoms with Crippen LogP contribution in [0.15, 0.2) is 0 Å². The summed E-state index contributed by atoms with van der Waals surface area (Å²) in [6.45, 7) is 3.85. The van der Waals surface area contributed by atoms with Crippen LogP contribution in [0.2, 0.25) is 0 Å². The molecule has 1 unspecified atom stereocenters. The molecule has 1 atom stereocenters. The average molecular weight is 230 g/mol. The molecule has 0 aliphatic carbocycles. The van der Waals surface area contributed by atoms with Crippen LogP contribution in [0.1, 0.15) is 13.3 Å². The molecule has 13 heavy (non-hydrogen) atoms. The van der Waals surface area contributed by atoms with E-state index in [4.69, 9.17) is 28.9 Å². The normalized spacial score (nSPS) is 13.2. The van der Waals surface area contributed by atoms with Crippen LogP contribution in [-0.4, -0.2) is 50.0 Å². The van der Waals surface area contributed by atoms with E-state index in [1.54, 1.807) is 0 Å². The molecule has 0 bridgehead atoms. The second kappa shape index (κ2) is 9.07. The van der Waals surface area contributed by atoms with Crippen LogP contribution < -0.4 is 5.73 Å². The van der Waals surface area contributed by atoms with Crippen LogP contribution in [0, 0.1) is 0 Å². The Morgan fingerprint density at radius 3 is 1.77 bits per heavy atom. The van der Waals surface area contributed by atoms with E-state index in [0.29, 0.717) is 5.88 Å². The number of quaternary nitrogens is 1. The molecule has 0 aliphatic heterocycles. The SMILES string of the molecule is CC(Cl)CCl.C[N+](C)(C)CCCN. The highest BCUT2D eigenvalue weighted by atomic mass is 35.5. The number of hydrogen-bond acceptors (Lipinski definition) is 1. The lowest BCUT2D eigenvalue weighted by molar-refractivity contribution is -0.870. The number of nitrogens with two attached hydrogens (primary N) is 1. The minimum Gasteiger partial charge on any atom is -0.331 e. The third kappa shape index (κ3) is 24.5. The average Bonchev–Trinajstić information content (AvgIpc) is 2.00. The van der Waals surface area contributed by atoms with Crippen molar-refractivity contribution in [1.82, 2.24) is 0 Å². The summed E-state index contributed by atoms with van der Waals surface area (Å²) in [7, 11) is 6.53. The van der Waals surface area contributed by atoms with Gasteiger partial charge in [0.25, 0.3) is 0 Å². The number of alkyl halides is 2. The lowest BCUT2D eigenvalue weighted by Crippen LogP contribution is -2.36. The zero-order valence-electron chi connectivity index (χ0n) is 9.19. The second-order valence-corrected chi connectivity index (χ2v) is 5.14. The summed E-state index contributed by atoms with van der Waals surface area (Å²) < 4.78 is 1.02. The predicted molar refractivity (Wildman–Crippen MR) is 62.6 cm³/mol. The number of halogens is 2. The number of rotatable bonds is 4. The molecule has 0 spiro atoms. The molecule has 0 amide bonds. The van der Waals surface area contributed by atoms with E-state index in [-0.39, 0.29) is 5.38 Å². The Labute approximate surface area is 92.6 Å². The zero-order chi connectivity index (χ0) is 10.9. The summed E-state index contributed by atoms with van der Waals surface area (Å²) in [6, 6.07) is 0. The highest BCUT2D eigenvalue weighted by Gasteiger charge is 2.03. The largest absolute Gasteiger partial charge is 0.331 e. The third-order valence-corrected chi connectivity index (χ3v) is 2.02. The fourth-order valence-electron chi connectivity index (χ4n) is 0.566. The minimum absolute atomic E-state index is 0.122. The van der Waals surface area contributed by atoms with Crippen molar-refractivity contribution in [3.63, 3.8) is 0 Å². The van der Waals surface area contributed by atoms with Gasteiger partial charge in [-0.2, -0.15) is 0 Å². The van der Waals surface area contributed by atoms with Crippen molar-refractivity contribution >= 4 is 23.2 Å². The van der Waals surface area contributed by atoms with Gasteiger partial charge in [0, 0.05) is 17.7 Å². The first-order valence-corrected chi connectivity index (χ1v) is 5.51. The fraction of sp³-hybridized carbons (Fsp3) is 1.00. The molecule has 2 N–H and O–H groups in total. The zero-order valence-corrected chi connectivity index (χ0v) is 10.7. The van der Waals surface area contributed by atoms with Gasteiger partial charge in [0.05, 0.1) is 27.7 Å². The second-order valence-electron chi connectivity index (χ2n) is 4.09. The maximum atomic E-state index is 5.33. The Morgan fingerprint density at radius 1 is 1.31 bits per heavy atom. The van der Waals surface area contributed by atoms with Crippen LogP contribution in [0.5, 0.6) is 0 Å². The monoisotopic (exact) mass is 229 g/mol. The molecule has 0 aromatic heterocycles. The summed E-state index contributed by atoms with van der Waals surface area (Å²) >= 11 is 10.5. The number of hydrogen-bond donors (Lipinski definition) is 1. The van der Waals surface area contributed by atoms with Gasteiger partial charge in [0.2, 0.25) is 0 Å². The molecule has 0 heterocycles. The van der Waals surface area contributed by atoms with Gasteiger partial charge < -0.3 is 10.2 Å². The van der Waals surface area contributed by atoms with Gasteiger partial charge in [-0.1, -0.05) is 0 Å². The Hall–Kier alpha value is 0.500. The van der Waals surface area contributed by atoms with E-state index >= 15 is 0 Å². The van der Waals surface area contributed by atoms with Crippen molar-refractivity contribution in [2.75, 3.05) is 40.1 Å². The molecule has 0 saturated heterocycles. The van der Waals surface area contributed by atoms with Crippen molar-refractivity contribution in [2.45, 2.75) is 18.7 Å². The van der Waals surface area contributed by atoms with Gasteiger partial charge in [-0.25, -0.2) is 0 Å². The van der Waals surface area contributed by atoms with Crippen molar-refractivity contribution in [2.24, 2.45) is 5.73 Å². The Balaban J connectivity index is 0. The molecule has 0 saturated carbocycles. The van der Waals surface area contributed by atoms with Crippen molar-refractivity contribution in [3.8, 4) is 0 Å². The summed E-state index contributed by atoms with van der Waals surface area (Å²) in [4.78, 5) is 0. The van der Waals surface area contributed by atoms with Crippen LogP contribution >= 0.6 is 23.2 Å². The van der Waals surface area contributed by atoms with Gasteiger partial charge in [-0.15, -0.1) is 23.2 Å². The summed E-state index contributed by atoms with van der Waals surface area (Å²) in [5.74, 6) is 0.543. The van der Waals surface area contributed by atoms with E-state index in [9.17, 15) is 0 Å². The van der Waals surface area contributed by atoms with Crippen LogP contribution in [0.3, 0.4) is 0 Å². The maximum Gasteiger partial charge on any atom is 0.0792 e. The molecular formula is C9H23Cl2N2+. The summed E-state index contributed by atoms with van der Waals surface area (Å²) in [6.07, 6.45) is 1.13. The first-order valence-electron chi connectivity index (χ1n) is 4.54. The summed E-state index contributed by atoms with van der Waals surface area (Å²) in [5.41, 5.74) is 5.33. The quantitative estimate of drug-likeness (QED) is 0.579. The van der Waals surface area contributed by atoms with E-state index < -0.39 is 0 Å². The van der Waals surface area contributed by atoms with Gasteiger partial charge >= 0.3 is 0 Å². The van der Waals surface area contributed by atoms with Crippen LogP contribution in [0.25, 0.3) is 0 Å². The van der Waals surface area contributed by atoms with E-state index in [1.165, 1.54) is 6.54 Å². The van der Waals surface area contributed by atoms with E-state index in [1.807, 2.05) is 6.92 Å². The molecule has 0 aromatic rings.